The van der Waals surface area contributed by atoms with Gasteiger partial charge in [0, 0.05) is 0 Å². The maximum atomic E-state index is 10.4. The highest BCUT2D eigenvalue weighted by molar-refractivity contribution is 6.35. The first kappa shape index (κ1) is 88.7. The molecule has 24 aromatic rings. The molecule has 4 aliphatic rings. The third kappa shape index (κ3) is 12.8. The van der Waals surface area contributed by atoms with Crippen LogP contribution in [-0.4, -0.2) is 0 Å². The van der Waals surface area contributed by atoms with Crippen LogP contribution >= 0.6 is 0 Å². The molecular formula is C142H84N8. The fourth-order valence-electron chi connectivity index (χ4n) is 26.5. The maximum absolute atomic E-state index is 10.4. The molecule has 4 aliphatic carbocycles. The van der Waals surface area contributed by atoms with Gasteiger partial charge >= 0.3 is 0 Å². The number of benzene rings is 24. The van der Waals surface area contributed by atoms with E-state index in [1.54, 1.807) is 0 Å². The smallest absolute Gasteiger partial charge is 0.187 e. The maximum Gasteiger partial charge on any atom is 0.187 e. The number of nitriles is 5. The SMILES string of the molecule is [C-]#[N+]c1cc(C)c(-c2ccc3c4c(cccc24)-c2cc4c(ccc5c6cc7c(c(-c8cc(C#N)ccc8C)c6ccc45)-c4ccc(-c5c(C)cc(C#N)cc5C)c5cccc-7c45)c(-c4cc([N+]#[C-])ccc4C)c2-3)c(C)c1.[C-]#[N+]c1ccc(-c2ccc3c4c(cccc24)-c2cc4c(ccc5c6cc7c(cc6c(-c6ccc(C#N)cc6C)cc45)-c4ccc(-c5ccc(C#N)cc5C)c5cccc-7c45)c(-c4ccc(C#N)cc4C)c2-3)c(C)c1. The van der Waals surface area contributed by atoms with Gasteiger partial charge in [-0.1, -0.05) is 241 Å². The summed E-state index contributed by atoms with van der Waals surface area (Å²) in [5.74, 6) is 0. The van der Waals surface area contributed by atoms with E-state index in [1.807, 2.05) is 84.9 Å². The van der Waals surface area contributed by atoms with E-state index in [0.29, 0.717) is 44.9 Å². The van der Waals surface area contributed by atoms with E-state index in [4.69, 9.17) is 19.7 Å². The van der Waals surface area contributed by atoms with Crippen LogP contribution in [0.5, 0.6) is 0 Å². The summed E-state index contributed by atoms with van der Waals surface area (Å²) in [4.78, 5) is 11.4. The van der Waals surface area contributed by atoms with Gasteiger partial charge in [-0.05, 0) is 497 Å². The van der Waals surface area contributed by atoms with Crippen molar-refractivity contribution in [3.05, 3.63) is 445 Å². The Morgan fingerprint density at radius 2 is 0.420 bits per heavy atom. The molecule has 0 amide bonds. The van der Waals surface area contributed by atoms with E-state index >= 15 is 0 Å². The highest BCUT2D eigenvalue weighted by Gasteiger charge is 2.37. The highest BCUT2D eigenvalue weighted by atomic mass is 14.6. The molecule has 0 saturated heterocycles. The number of hydrogen-bond acceptors (Lipinski definition) is 5. The Morgan fingerprint density at radius 1 is 0.147 bits per heavy atom. The van der Waals surface area contributed by atoms with Gasteiger partial charge < -0.3 is 0 Å². The molecule has 8 nitrogen and oxygen atoms in total. The monoisotopic (exact) mass is 1900 g/mol. The molecule has 28 rings (SSSR count). The molecule has 0 unspecified atom stereocenters. The van der Waals surface area contributed by atoms with E-state index in [-0.39, 0.29) is 0 Å². The third-order valence-electron chi connectivity index (χ3n) is 32.9. The quantitative estimate of drug-likeness (QED) is 0.110. The molecule has 0 saturated carbocycles. The molecule has 0 spiro atoms. The molecule has 24 aromatic carbocycles. The van der Waals surface area contributed by atoms with Crippen LogP contribution < -0.4 is 0 Å². The van der Waals surface area contributed by atoms with Gasteiger partial charge in [-0.2, -0.15) is 26.3 Å². The summed E-state index contributed by atoms with van der Waals surface area (Å²) in [7, 11) is 0. The number of rotatable bonds is 8. The van der Waals surface area contributed by atoms with Crippen molar-refractivity contribution in [3.63, 3.8) is 0 Å². The van der Waals surface area contributed by atoms with Crippen LogP contribution in [-0.2, 0) is 0 Å². The Hall–Kier alpha value is -20.2. The lowest BCUT2D eigenvalue weighted by atomic mass is 9.82. The van der Waals surface area contributed by atoms with E-state index in [2.05, 4.69) is 357 Å². The van der Waals surface area contributed by atoms with Crippen molar-refractivity contribution < 1.29 is 0 Å². The van der Waals surface area contributed by atoms with Crippen molar-refractivity contribution >= 4 is 125 Å². The summed E-state index contributed by atoms with van der Waals surface area (Å²) in [6, 6.07) is 129. The molecule has 0 aromatic heterocycles. The van der Waals surface area contributed by atoms with E-state index in [0.717, 1.165) is 215 Å². The molecule has 0 fully saturated rings. The molecule has 8 heteroatoms. The van der Waals surface area contributed by atoms with Gasteiger partial charge in [0.1, 0.15) is 0 Å². The minimum Gasteiger partial charge on any atom is -0.238 e. The van der Waals surface area contributed by atoms with Gasteiger partial charge in [0.2, 0.25) is 0 Å². The lowest BCUT2D eigenvalue weighted by molar-refractivity contribution is 1.35. The first-order valence-corrected chi connectivity index (χ1v) is 50.5. The first-order valence-electron chi connectivity index (χ1n) is 50.5. The van der Waals surface area contributed by atoms with Crippen LogP contribution in [0, 0.1) is 146 Å². The minimum absolute atomic E-state index is 0.602. The molecule has 0 heterocycles. The van der Waals surface area contributed by atoms with Crippen LogP contribution in [0.1, 0.15) is 83.5 Å². The summed E-state index contributed by atoms with van der Waals surface area (Å²) in [5.41, 5.74) is 52.6. The Morgan fingerprint density at radius 3 is 0.867 bits per heavy atom. The van der Waals surface area contributed by atoms with Crippen LogP contribution in [0.4, 0.5) is 17.1 Å². The molecular weight excluding hydrogens is 1820 g/mol. The molecule has 0 radical (unpaired) electrons. The second-order valence-corrected chi connectivity index (χ2v) is 41.1. The van der Waals surface area contributed by atoms with Crippen molar-refractivity contribution in [3.8, 4) is 208 Å². The molecule has 0 aliphatic heterocycles. The van der Waals surface area contributed by atoms with Gasteiger partial charge in [0.05, 0.1) is 77.9 Å². The Kier molecular flexibility index (Phi) is 19.6. The zero-order valence-electron chi connectivity index (χ0n) is 83.8. The summed E-state index contributed by atoms with van der Waals surface area (Å²) < 4.78 is 0. The predicted molar refractivity (Wildman–Crippen MR) is 619 cm³/mol. The third-order valence-corrected chi connectivity index (χ3v) is 32.9. The second-order valence-electron chi connectivity index (χ2n) is 41.1. The molecule has 692 valence electrons. The fourth-order valence-corrected chi connectivity index (χ4v) is 26.5. The highest BCUT2D eigenvalue weighted by Crippen LogP contribution is 2.63. The first-order chi connectivity index (χ1) is 73.1. The van der Waals surface area contributed by atoms with Crippen LogP contribution in [0.2, 0.25) is 0 Å². The molecule has 0 bridgehead atoms. The number of aryl methyl sites for hydroxylation is 10. The van der Waals surface area contributed by atoms with Crippen LogP contribution in [0.15, 0.2) is 328 Å². The van der Waals surface area contributed by atoms with Gasteiger partial charge in [-0.15, -0.1) is 0 Å². The Labute approximate surface area is 867 Å². The summed E-state index contributed by atoms with van der Waals surface area (Å²) in [6.45, 7) is 44.7. The minimum atomic E-state index is 0.602. The van der Waals surface area contributed by atoms with Crippen LogP contribution in [0.3, 0.4) is 0 Å². The Bertz CT molecular complexity index is 10600. The average Bonchev–Trinajstić information content (AvgIpc) is 1.63. The van der Waals surface area contributed by atoms with Crippen molar-refractivity contribution in [2.75, 3.05) is 0 Å². The van der Waals surface area contributed by atoms with Gasteiger partial charge in [-0.3, -0.25) is 0 Å². The largest absolute Gasteiger partial charge is 0.238 e. The average molecular weight is 1900 g/mol. The van der Waals surface area contributed by atoms with Crippen molar-refractivity contribution in [2.45, 2.75) is 69.2 Å². The normalized spacial score (nSPS) is 11.7. The zero-order chi connectivity index (χ0) is 102. The van der Waals surface area contributed by atoms with E-state index < -0.39 is 0 Å². The number of hydrogen-bond donors (Lipinski definition) is 0. The zero-order valence-corrected chi connectivity index (χ0v) is 83.8. The van der Waals surface area contributed by atoms with Crippen LogP contribution in [0.25, 0.3) is 300 Å². The summed E-state index contributed by atoms with van der Waals surface area (Å²) >= 11 is 0. The topological polar surface area (TPSA) is 132 Å². The lowest BCUT2D eigenvalue weighted by Crippen LogP contribution is -1.94. The second kappa shape index (κ2) is 33.2. The fraction of sp³-hybridized carbons (Fsp3) is 0.0704. The Balaban J connectivity index is 0.000000148. The number of fused-ring (bicyclic) bond motifs is 22. The van der Waals surface area contributed by atoms with E-state index in [1.165, 1.54) is 127 Å². The predicted octanol–water partition coefficient (Wildman–Crippen LogP) is 38.9. The van der Waals surface area contributed by atoms with Gasteiger partial charge in [-0.25, -0.2) is 14.5 Å². The standard InChI is InChI=1S/C72H44N4.C70H40N4/c1-37-15-17-43(35-73)31-59(37)69-55-21-19-48-47(61(55)33-63-51-13-9-11-49-53(23-25-57(67(49)51)71(63)69)65-39(3)27-44(36-74)28-40(65)4)20-22-56-62(48)34-64-52-14-10-12-50-54(66-41(5)29-46(76-8)30-42(66)6)24-26-58(68(50)52)72(64)70(56)60-32-45(75-7)18-16-38(60)2;1-37-26-41(34-71)12-16-45(37)49-20-23-56-63-32-65-59(47-17-13-42(35-72)27-38(47)2)30-60-51(61(65)31-62(63)54-10-6-8-52(49)67(54)56)21-24-57-64(60)33-66-55-11-7-9-53-50(46-19-15-44(74-5)29-40(46)4)22-25-58(68(53)55)70(66)69(57)48-18-14-43(36-73)28-39(48)3/h9-34H,1-6H3;6-33H,1-4H3. The van der Waals surface area contributed by atoms with Gasteiger partial charge in [0.15, 0.2) is 17.1 Å². The number of nitrogens with zero attached hydrogens (tertiary/aromatic N) is 8. The van der Waals surface area contributed by atoms with E-state index in [9.17, 15) is 26.3 Å². The molecule has 0 atom stereocenters. The van der Waals surface area contributed by atoms with Gasteiger partial charge in [0.25, 0.3) is 0 Å². The summed E-state index contributed by atoms with van der Waals surface area (Å²) in [6.07, 6.45) is 0. The van der Waals surface area contributed by atoms with Crippen molar-refractivity contribution in [1.29, 1.82) is 26.3 Å². The molecule has 150 heavy (non-hydrogen) atoms. The van der Waals surface area contributed by atoms with Crippen molar-refractivity contribution in [2.24, 2.45) is 0 Å². The lowest BCUT2D eigenvalue weighted by Gasteiger charge is -2.21. The van der Waals surface area contributed by atoms with Crippen molar-refractivity contribution in [1.82, 2.24) is 0 Å². The molecule has 0 N–H and O–H groups in total. The summed E-state index contributed by atoms with van der Waals surface area (Å²) in [5, 5.41) is 73.2.